The second kappa shape index (κ2) is 6.39. The first-order valence-corrected chi connectivity index (χ1v) is 9.58. The number of alkyl halides is 1. The van der Waals surface area contributed by atoms with Gasteiger partial charge in [0.15, 0.2) is 0 Å². The molecule has 0 saturated heterocycles. The lowest BCUT2D eigenvalue weighted by molar-refractivity contribution is 0.568. The summed E-state index contributed by atoms with van der Waals surface area (Å²) in [5, 5.41) is 0.714. The van der Waals surface area contributed by atoms with E-state index in [4.69, 9.17) is 0 Å². The summed E-state index contributed by atoms with van der Waals surface area (Å²) in [6, 6.07) is 10.6. The SMILES string of the molecule is Cc1ccc(C(C)NS(=O)(=O)c2ccc(CBr)cc2)s1. The molecule has 1 aromatic carbocycles. The monoisotopic (exact) mass is 373 g/mol. The van der Waals surface area contributed by atoms with Gasteiger partial charge in [0.05, 0.1) is 10.9 Å². The average Bonchev–Trinajstić information content (AvgIpc) is 2.85. The van der Waals surface area contributed by atoms with Crippen molar-refractivity contribution >= 4 is 37.3 Å². The van der Waals surface area contributed by atoms with Crippen molar-refractivity contribution in [2.75, 3.05) is 0 Å². The molecule has 0 amide bonds. The third-order valence-corrected chi connectivity index (χ3v) is 6.30. The fourth-order valence-corrected chi connectivity index (χ4v) is 4.35. The molecule has 0 aliphatic carbocycles. The van der Waals surface area contributed by atoms with E-state index >= 15 is 0 Å². The van der Waals surface area contributed by atoms with E-state index in [2.05, 4.69) is 20.7 Å². The minimum absolute atomic E-state index is 0.227. The molecule has 0 bridgehead atoms. The van der Waals surface area contributed by atoms with Crippen LogP contribution in [0.15, 0.2) is 41.3 Å². The van der Waals surface area contributed by atoms with Crippen LogP contribution in [0.2, 0.25) is 0 Å². The van der Waals surface area contributed by atoms with Crippen molar-refractivity contribution in [3.05, 3.63) is 51.7 Å². The number of sulfonamides is 1. The van der Waals surface area contributed by atoms with E-state index in [1.54, 1.807) is 23.5 Å². The number of nitrogens with one attached hydrogen (secondary N) is 1. The van der Waals surface area contributed by atoms with Gasteiger partial charge in [-0.2, -0.15) is 0 Å². The number of benzene rings is 1. The lowest BCUT2D eigenvalue weighted by Crippen LogP contribution is -2.26. The van der Waals surface area contributed by atoms with Crippen molar-refractivity contribution < 1.29 is 8.42 Å². The molecule has 1 atom stereocenters. The maximum absolute atomic E-state index is 12.3. The van der Waals surface area contributed by atoms with Crippen LogP contribution >= 0.6 is 27.3 Å². The van der Waals surface area contributed by atoms with E-state index in [0.717, 1.165) is 10.4 Å². The molecule has 0 radical (unpaired) electrons. The van der Waals surface area contributed by atoms with Crippen LogP contribution in [-0.4, -0.2) is 8.42 Å². The number of halogens is 1. The summed E-state index contributed by atoms with van der Waals surface area (Å²) in [6.45, 7) is 3.87. The van der Waals surface area contributed by atoms with Crippen LogP contribution in [0.5, 0.6) is 0 Å². The van der Waals surface area contributed by atoms with Crippen molar-refractivity contribution in [3.63, 3.8) is 0 Å². The molecule has 20 heavy (non-hydrogen) atoms. The fourth-order valence-electron chi connectivity index (χ4n) is 1.80. The number of thiophene rings is 1. The minimum Gasteiger partial charge on any atom is -0.207 e. The third kappa shape index (κ3) is 3.69. The predicted octanol–water partition coefficient (Wildman–Crippen LogP) is 3.99. The van der Waals surface area contributed by atoms with E-state index in [-0.39, 0.29) is 6.04 Å². The van der Waals surface area contributed by atoms with Gasteiger partial charge in [0.2, 0.25) is 10.0 Å². The van der Waals surface area contributed by atoms with Gasteiger partial charge in [-0.15, -0.1) is 11.3 Å². The van der Waals surface area contributed by atoms with Crippen molar-refractivity contribution in [3.8, 4) is 0 Å². The van der Waals surface area contributed by atoms with E-state index in [0.29, 0.717) is 10.2 Å². The molecule has 0 saturated carbocycles. The minimum atomic E-state index is -3.48. The summed E-state index contributed by atoms with van der Waals surface area (Å²) in [5.41, 5.74) is 1.05. The fraction of sp³-hybridized carbons (Fsp3) is 0.286. The summed E-state index contributed by atoms with van der Waals surface area (Å²) in [6.07, 6.45) is 0. The Hall–Kier alpha value is -0.690. The first-order valence-electron chi connectivity index (χ1n) is 6.16. The second-order valence-corrected chi connectivity index (χ2v) is 8.16. The smallest absolute Gasteiger partial charge is 0.207 e. The van der Waals surface area contributed by atoms with Crippen LogP contribution in [0.3, 0.4) is 0 Å². The lowest BCUT2D eigenvalue weighted by Gasteiger charge is -2.13. The summed E-state index contributed by atoms with van der Waals surface area (Å²) >= 11 is 4.95. The molecular formula is C14H16BrNO2S2. The molecule has 1 N–H and O–H groups in total. The quantitative estimate of drug-likeness (QED) is 0.805. The number of aryl methyl sites for hydroxylation is 1. The molecule has 108 valence electrons. The molecule has 0 aliphatic heterocycles. The molecule has 6 heteroatoms. The van der Waals surface area contributed by atoms with Crippen LogP contribution in [0.4, 0.5) is 0 Å². The van der Waals surface area contributed by atoms with E-state index < -0.39 is 10.0 Å². The molecule has 3 nitrogen and oxygen atoms in total. The van der Waals surface area contributed by atoms with Crippen molar-refractivity contribution in [1.29, 1.82) is 0 Å². The Morgan fingerprint density at radius 3 is 2.35 bits per heavy atom. The molecule has 0 aliphatic rings. The molecule has 2 rings (SSSR count). The van der Waals surface area contributed by atoms with Gasteiger partial charge in [-0.25, -0.2) is 13.1 Å². The van der Waals surface area contributed by atoms with E-state index in [9.17, 15) is 8.42 Å². The van der Waals surface area contributed by atoms with Gasteiger partial charge in [-0.3, -0.25) is 0 Å². The van der Waals surface area contributed by atoms with Crippen molar-refractivity contribution in [1.82, 2.24) is 4.72 Å². The van der Waals surface area contributed by atoms with Gasteiger partial charge in [-0.1, -0.05) is 28.1 Å². The Balaban J connectivity index is 2.17. The van der Waals surface area contributed by atoms with E-state index in [1.165, 1.54) is 4.88 Å². The third-order valence-electron chi connectivity index (χ3n) is 2.91. The van der Waals surface area contributed by atoms with Crippen LogP contribution in [0, 0.1) is 6.92 Å². The molecule has 0 fully saturated rings. The highest BCUT2D eigenvalue weighted by molar-refractivity contribution is 9.08. The van der Waals surface area contributed by atoms with Crippen molar-refractivity contribution in [2.24, 2.45) is 0 Å². The molecule has 2 aromatic rings. The Morgan fingerprint density at radius 2 is 1.85 bits per heavy atom. The summed E-state index contributed by atoms with van der Waals surface area (Å²) in [4.78, 5) is 2.48. The number of hydrogen-bond donors (Lipinski definition) is 1. The van der Waals surface area contributed by atoms with Gasteiger partial charge in [0.1, 0.15) is 0 Å². The molecule has 1 unspecified atom stereocenters. The second-order valence-electron chi connectivity index (χ2n) is 4.57. The first-order chi connectivity index (χ1) is 9.42. The van der Waals surface area contributed by atoms with Crippen LogP contribution in [0.25, 0.3) is 0 Å². The predicted molar refractivity (Wildman–Crippen MR) is 86.9 cm³/mol. The first kappa shape index (κ1) is 15.7. The van der Waals surface area contributed by atoms with Gasteiger partial charge < -0.3 is 0 Å². The zero-order chi connectivity index (χ0) is 14.8. The number of rotatable bonds is 5. The lowest BCUT2D eigenvalue weighted by atomic mass is 10.2. The Morgan fingerprint density at radius 1 is 1.20 bits per heavy atom. The standard InChI is InChI=1S/C14H16BrNO2S2/c1-10-3-8-14(19-10)11(2)16-20(17,18)13-6-4-12(9-15)5-7-13/h3-8,11,16H,9H2,1-2H3. The maximum Gasteiger partial charge on any atom is 0.241 e. The number of hydrogen-bond acceptors (Lipinski definition) is 3. The van der Waals surface area contributed by atoms with Gasteiger partial charge in [0, 0.05) is 15.1 Å². The Bertz CT molecular complexity index is 677. The van der Waals surface area contributed by atoms with Gasteiger partial charge in [-0.05, 0) is 43.7 Å². The molecule has 0 spiro atoms. The highest BCUT2D eigenvalue weighted by Crippen LogP contribution is 2.24. The summed E-state index contributed by atoms with van der Waals surface area (Å²) in [7, 11) is -3.48. The van der Waals surface area contributed by atoms with Gasteiger partial charge >= 0.3 is 0 Å². The van der Waals surface area contributed by atoms with Gasteiger partial charge in [0.25, 0.3) is 0 Å². The largest absolute Gasteiger partial charge is 0.241 e. The topological polar surface area (TPSA) is 46.2 Å². The van der Waals surface area contributed by atoms with Crippen molar-refractivity contribution in [2.45, 2.75) is 30.1 Å². The summed E-state index contributed by atoms with van der Waals surface area (Å²) < 4.78 is 27.3. The molecule has 1 aromatic heterocycles. The van der Waals surface area contributed by atoms with Crippen LogP contribution in [-0.2, 0) is 15.4 Å². The summed E-state index contributed by atoms with van der Waals surface area (Å²) in [5.74, 6) is 0. The van der Waals surface area contributed by atoms with Crippen LogP contribution < -0.4 is 4.72 Å². The molecular weight excluding hydrogens is 358 g/mol. The zero-order valence-electron chi connectivity index (χ0n) is 11.3. The van der Waals surface area contributed by atoms with E-state index in [1.807, 2.05) is 38.1 Å². The van der Waals surface area contributed by atoms with Crippen LogP contribution in [0.1, 0.15) is 28.3 Å². The Labute approximate surface area is 132 Å². The molecule has 1 heterocycles. The Kier molecular flexibility index (Phi) is 5.01. The normalized spacial score (nSPS) is 13.3. The highest BCUT2D eigenvalue weighted by atomic mass is 79.9. The average molecular weight is 374 g/mol. The maximum atomic E-state index is 12.3. The zero-order valence-corrected chi connectivity index (χ0v) is 14.5. The highest BCUT2D eigenvalue weighted by Gasteiger charge is 2.19.